The van der Waals surface area contributed by atoms with Crippen molar-refractivity contribution in [2.24, 2.45) is 5.73 Å². The molecule has 0 bridgehead atoms. The van der Waals surface area contributed by atoms with Gasteiger partial charge in [-0.2, -0.15) is 0 Å². The lowest BCUT2D eigenvalue weighted by molar-refractivity contribution is 0.145. The molecule has 3 N–H and O–H groups in total. The smallest absolute Gasteiger partial charge is 0.325 e. The lowest BCUT2D eigenvalue weighted by Gasteiger charge is -2.32. The van der Waals surface area contributed by atoms with Gasteiger partial charge in [0.25, 0.3) is 5.56 Å². The molecule has 1 amide bonds. The topological polar surface area (TPSA) is 96.6 Å². The van der Waals surface area contributed by atoms with Gasteiger partial charge in [-0.15, -0.1) is 0 Å². The van der Waals surface area contributed by atoms with E-state index in [0.717, 1.165) is 60.4 Å². The molecule has 30 heavy (non-hydrogen) atoms. The third-order valence-corrected chi connectivity index (χ3v) is 5.48. The van der Waals surface area contributed by atoms with E-state index in [0.29, 0.717) is 17.9 Å². The number of nitrogens with two attached hydrogens (primary N) is 1. The summed E-state index contributed by atoms with van der Waals surface area (Å²) in [6.45, 7) is 6.17. The van der Waals surface area contributed by atoms with Gasteiger partial charge in [-0.25, -0.2) is 9.36 Å². The van der Waals surface area contributed by atoms with Crippen molar-refractivity contribution in [2.45, 2.75) is 6.42 Å². The third-order valence-electron chi connectivity index (χ3n) is 5.48. The molecular formula is C22H26N5O3. The van der Waals surface area contributed by atoms with Gasteiger partial charge in [-0.3, -0.25) is 4.79 Å². The Hall–Kier alpha value is -3.10. The highest BCUT2D eigenvalue weighted by Gasteiger charge is 2.14. The number of aromatic amines is 1. The molecule has 2 aromatic heterocycles. The Balaban J connectivity index is 1.41. The van der Waals surface area contributed by atoms with Crippen LogP contribution in [0.2, 0.25) is 0 Å². The van der Waals surface area contributed by atoms with E-state index in [-0.39, 0.29) is 0 Å². The molecule has 3 heterocycles. The highest BCUT2D eigenvalue weighted by atomic mass is 16.5. The molecule has 1 aromatic carbocycles. The Bertz CT molecular complexity index is 1100. The van der Waals surface area contributed by atoms with Crippen LogP contribution >= 0.6 is 0 Å². The zero-order chi connectivity index (χ0) is 21.1. The van der Waals surface area contributed by atoms with Gasteiger partial charge in [0, 0.05) is 55.9 Å². The number of hydrogen-bond donors (Lipinski definition) is 2. The van der Waals surface area contributed by atoms with E-state index in [1.807, 2.05) is 24.3 Å². The number of hydrogen-bond acceptors (Lipinski definition) is 5. The van der Waals surface area contributed by atoms with Gasteiger partial charge in [0.2, 0.25) is 0 Å². The molecule has 8 heteroatoms. The van der Waals surface area contributed by atoms with Crippen LogP contribution in [0.1, 0.15) is 6.42 Å². The number of likely N-dealkylation sites (N-methyl/N-ethyl adjacent to an activating group) is 1. The molecule has 1 saturated heterocycles. The Kier molecular flexibility index (Phi) is 5.87. The predicted octanol–water partition coefficient (Wildman–Crippen LogP) is 1.74. The maximum atomic E-state index is 12.5. The van der Waals surface area contributed by atoms with Gasteiger partial charge in [-0.05, 0) is 43.8 Å². The Morgan fingerprint density at radius 3 is 2.80 bits per heavy atom. The summed E-state index contributed by atoms with van der Waals surface area (Å²) in [6.07, 6.45) is 2.22. The number of ether oxygens (including phenoxy) is 1. The van der Waals surface area contributed by atoms with E-state index in [9.17, 15) is 9.59 Å². The van der Waals surface area contributed by atoms with Crippen LogP contribution < -0.4 is 16.0 Å². The summed E-state index contributed by atoms with van der Waals surface area (Å²) in [5.74, 6) is 0.792. The number of rotatable bonds is 6. The fraction of sp³-hybridized carbons (Fsp3) is 0.364. The average Bonchev–Trinajstić information content (AvgIpc) is 3.15. The van der Waals surface area contributed by atoms with E-state index in [4.69, 9.17) is 10.5 Å². The highest BCUT2D eigenvalue weighted by Crippen LogP contribution is 2.25. The first-order valence-corrected chi connectivity index (χ1v) is 10.1. The second kappa shape index (κ2) is 8.73. The van der Waals surface area contributed by atoms with E-state index in [1.165, 1.54) is 6.20 Å². The molecule has 1 aliphatic heterocycles. The van der Waals surface area contributed by atoms with Crippen LogP contribution in [0, 0.1) is 6.07 Å². The lowest BCUT2D eigenvalue weighted by atomic mass is 10.2. The number of amides is 1. The van der Waals surface area contributed by atoms with Crippen LogP contribution in [-0.2, 0) is 0 Å². The van der Waals surface area contributed by atoms with Crippen LogP contribution in [0.25, 0.3) is 22.2 Å². The summed E-state index contributed by atoms with van der Waals surface area (Å²) >= 11 is 0. The summed E-state index contributed by atoms with van der Waals surface area (Å²) in [7, 11) is 2.16. The number of H-pyrrole nitrogens is 1. The van der Waals surface area contributed by atoms with Gasteiger partial charge in [0.15, 0.2) is 0 Å². The fourth-order valence-corrected chi connectivity index (χ4v) is 3.70. The van der Waals surface area contributed by atoms with Crippen molar-refractivity contribution < 1.29 is 9.53 Å². The number of primary amides is 1. The van der Waals surface area contributed by atoms with E-state index in [1.54, 1.807) is 6.07 Å². The number of aromatic nitrogens is 2. The lowest BCUT2D eigenvalue weighted by Crippen LogP contribution is -2.44. The standard InChI is InChI=1S/C22H26N5O3/c1-25-9-11-26(12-10-25)7-3-13-30-17-5-6-19-16(14-17)15-20(24-19)18-4-2-8-27(21(18)28)22(23)29/h4-6,8,14-15,24H,3,7,9-13H2,1H3,(H2,23,29). The summed E-state index contributed by atoms with van der Waals surface area (Å²) in [4.78, 5) is 31.9. The number of pyridine rings is 1. The predicted molar refractivity (Wildman–Crippen MR) is 116 cm³/mol. The van der Waals surface area contributed by atoms with Crippen molar-refractivity contribution in [3.63, 3.8) is 0 Å². The minimum absolute atomic E-state index is 0.335. The van der Waals surface area contributed by atoms with Crippen molar-refractivity contribution in [2.75, 3.05) is 46.4 Å². The van der Waals surface area contributed by atoms with Crippen molar-refractivity contribution in [1.29, 1.82) is 0 Å². The summed E-state index contributed by atoms with van der Waals surface area (Å²) in [6, 6.07) is 11.1. The van der Waals surface area contributed by atoms with Gasteiger partial charge < -0.3 is 25.3 Å². The summed E-state index contributed by atoms with van der Waals surface area (Å²) in [5.41, 5.74) is 6.58. The zero-order valence-electron chi connectivity index (χ0n) is 17.1. The van der Waals surface area contributed by atoms with Crippen LogP contribution in [-0.4, -0.2) is 71.8 Å². The first-order valence-electron chi connectivity index (χ1n) is 10.1. The number of benzene rings is 1. The van der Waals surface area contributed by atoms with Crippen LogP contribution in [0.15, 0.2) is 41.3 Å². The van der Waals surface area contributed by atoms with Crippen molar-refractivity contribution in [3.8, 4) is 17.0 Å². The monoisotopic (exact) mass is 408 g/mol. The maximum absolute atomic E-state index is 12.5. The molecular weight excluding hydrogens is 382 g/mol. The molecule has 0 atom stereocenters. The second-order valence-electron chi connectivity index (χ2n) is 7.65. The number of fused-ring (bicyclic) bond motifs is 1. The molecule has 3 aromatic rings. The molecule has 0 saturated carbocycles. The van der Waals surface area contributed by atoms with Gasteiger partial charge in [0.1, 0.15) is 5.75 Å². The molecule has 4 rings (SSSR count). The molecule has 8 nitrogen and oxygen atoms in total. The van der Waals surface area contributed by atoms with Crippen molar-refractivity contribution in [3.05, 3.63) is 52.9 Å². The zero-order valence-corrected chi connectivity index (χ0v) is 17.1. The molecule has 0 aliphatic carbocycles. The number of piperazine rings is 1. The fourth-order valence-electron chi connectivity index (χ4n) is 3.70. The van der Waals surface area contributed by atoms with Crippen molar-refractivity contribution in [1.82, 2.24) is 19.4 Å². The molecule has 0 unspecified atom stereocenters. The Morgan fingerprint density at radius 2 is 2.03 bits per heavy atom. The van der Waals surface area contributed by atoms with E-state index in [2.05, 4.69) is 27.9 Å². The number of carbonyl (C=O) groups is 1. The summed E-state index contributed by atoms with van der Waals surface area (Å²) in [5, 5.41) is 0.926. The van der Waals surface area contributed by atoms with Gasteiger partial charge in [-0.1, -0.05) is 0 Å². The number of nitrogens with one attached hydrogen (secondary N) is 1. The third kappa shape index (κ3) is 4.39. The molecule has 1 aliphatic rings. The number of nitrogens with zero attached hydrogens (tertiary/aromatic N) is 3. The SMILES string of the molecule is CN1CCN(CCCOc2ccc3[nH]c(-c4c[c]cn(C(N)=O)c4=O)cc3c2)CC1. The molecule has 0 spiro atoms. The second-order valence-corrected chi connectivity index (χ2v) is 7.65. The maximum Gasteiger partial charge on any atom is 0.325 e. The first-order chi connectivity index (χ1) is 14.5. The normalized spacial score (nSPS) is 15.5. The molecule has 1 fully saturated rings. The Morgan fingerprint density at radius 1 is 1.23 bits per heavy atom. The molecule has 1 radical (unpaired) electrons. The van der Waals surface area contributed by atoms with Gasteiger partial charge in [0.05, 0.1) is 17.9 Å². The highest BCUT2D eigenvalue weighted by molar-refractivity contribution is 5.87. The largest absolute Gasteiger partial charge is 0.494 e. The summed E-state index contributed by atoms with van der Waals surface area (Å²) < 4.78 is 6.77. The van der Waals surface area contributed by atoms with Crippen LogP contribution in [0.4, 0.5) is 4.79 Å². The van der Waals surface area contributed by atoms with Crippen LogP contribution in [0.3, 0.4) is 0 Å². The van der Waals surface area contributed by atoms with E-state index >= 15 is 0 Å². The minimum atomic E-state index is -0.832. The van der Waals surface area contributed by atoms with Crippen LogP contribution in [0.5, 0.6) is 5.75 Å². The van der Waals surface area contributed by atoms with E-state index < -0.39 is 11.6 Å². The minimum Gasteiger partial charge on any atom is -0.494 e. The van der Waals surface area contributed by atoms with Crippen molar-refractivity contribution >= 4 is 16.9 Å². The quantitative estimate of drug-likeness (QED) is 0.606. The van der Waals surface area contributed by atoms with Gasteiger partial charge >= 0.3 is 6.03 Å². The Labute approximate surface area is 174 Å². The number of carbonyl (C=O) groups excluding carboxylic acids is 1. The molecule has 157 valence electrons. The average molecular weight is 408 g/mol. The first kappa shape index (κ1) is 20.2.